The first-order valence-corrected chi connectivity index (χ1v) is 12.3. The molecule has 0 unspecified atom stereocenters. The van der Waals surface area contributed by atoms with Crippen LogP contribution in [0.4, 0.5) is 5.82 Å². The molecule has 3 N–H and O–H groups in total. The lowest BCUT2D eigenvalue weighted by atomic mass is 9.91. The molecule has 2 fully saturated rings. The van der Waals surface area contributed by atoms with Crippen molar-refractivity contribution in [1.29, 1.82) is 0 Å². The number of H-pyrrole nitrogens is 1. The molecule has 0 saturated heterocycles. The van der Waals surface area contributed by atoms with Crippen molar-refractivity contribution in [3.63, 3.8) is 0 Å². The highest BCUT2D eigenvalue weighted by molar-refractivity contribution is 7.90. The number of hydrogen-bond acceptors (Lipinski definition) is 5. The number of sulfonamides is 1. The SMILES string of the molecule is O=S(=O)(N[C@@H]1CCCC[C@H]1Nc1cc(-c2c[nH]c3ncccc23)cc(Cl)n1)C1CC1. The third-order valence-corrected chi connectivity index (χ3v) is 8.11. The molecule has 5 rings (SSSR count). The molecular formula is C21H24ClN5O2S. The molecule has 30 heavy (non-hydrogen) atoms. The molecule has 0 aliphatic heterocycles. The molecule has 3 aromatic rings. The molecule has 0 spiro atoms. The van der Waals surface area contributed by atoms with Gasteiger partial charge < -0.3 is 10.3 Å². The number of nitrogens with zero attached hydrogens (tertiary/aromatic N) is 2. The van der Waals surface area contributed by atoms with Crippen LogP contribution in [-0.4, -0.2) is 40.7 Å². The Kier molecular flexibility index (Phi) is 5.16. The summed E-state index contributed by atoms with van der Waals surface area (Å²) in [5, 5.41) is 4.64. The van der Waals surface area contributed by atoms with Crippen LogP contribution in [0.15, 0.2) is 36.7 Å². The minimum absolute atomic E-state index is 0.0178. The lowest BCUT2D eigenvalue weighted by Crippen LogP contribution is -2.49. The van der Waals surface area contributed by atoms with Crippen LogP contribution in [0.1, 0.15) is 38.5 Å². The summed E-state index contributed by atoms with van der Waals surface area (Å²) in [5.74, 6) is 0.651. The van der Waals surface area contributed by atoms with Crippen molar-refractivity contribution in [1.82, 2.24) is 19.7 Å². The monoisotopic (exact) mass is 445 g/mol. The number of rotatable bonds is 6. The highest BCUT2D eigenvalue weighted by atomic mass is 35.5. The number of hydrogen-bond donors (Lipinski definition) is 3. The fourth-order valence-corrected chi connectivity index (χ4v) is 6.10. The van der Waals surface area contributed by atoms with E-state index in [4.69, 9.17) is 11.6 Å². The van der Waals surface area contributed by atoms with E-state index in [0.29, 0.717) is 11.0 Å². The van der Waals surface area contributed by atoms with Gasteiger partial charge in [0.15, 0.2) is 0 Å². The molecule has 2 saturated carbocycles. The molecule has 2 aliphatic rings. The maximum atomic E-state index is 12.5. The lowest BCUT2D eigenvalue weighted by molar-refractivity contribution is 0.378. The predicted octanol–water partition coefficient (Wildman–Crippen LogP) is 4.08. The number of aromatic amines is 1. The smallest absolute Gasteiger partial charge is 0.214 e. The van der Waals surface area contributed by atoms with Crippen LogP contribution in [0.25, 0.3) is 22.2 Å². The normalized spacial score (nSPS) is 22.3. The van der Waals surface area contributed by atoms with Gasteiger partial charge in [0.2, 0.25) is 10.0 Å². The highest BCUT2D eigenvalue weighted by Crippen LogP contribution is 2.32. The maximum Gasteiger partial charge on any atom is 0.214 e. The van der Waals surface area contributed by atoms with Gasteiger partial charge in [-0.2, -0.15) is 0 Å². The van der Waals surface area contributed by atoms with E-state index < -0.39 is 10.0 Å². The zero-order chi connectivity index (χ0) is 20.7. The Bertz CT molecular complexity index is 1180. The molecule has 3 aromatic heterocycles. The first-order valence-electron chi connectivity index (χ1n) is 10.4. The summed E-state index contributed by atoms with van der Waals surface area (Å²) >= 11 is 6.34. The maximum absolute atomic E-state index is 12.5. The summed E-state index contributed by atoms with van der Waals surface area (Å²) < 4.78 is 27.9. The summed E-state index contributed by atoms with van der Waals surface area (Å²) in [4.78, 5) is 12.0. The van der Waals surface area contributed by atoms with E-state index in [1.165, 1.54) is 0 Å². The second kappa shape index (κ2) is 7.83. The summed E-state index contributed by atoms with van der Waals surface area (Å²) in [7, 11) is -3.24. The summed E-state index contributed by atoms with van der Waals surface area (Å²) in [6, 6.07) is 7.56. The number of pyridine rings is 2. The molecule has 0 bridgehead atoms. The quantitative estimate of drug-likeness (QED) is 0.496. The molecule has 0 aromatic carbocycles. The molecule has 2 aliphatic carbocycles. The van der Waals surface area contributed by atoms with Gasteiger partial charge in [-0.05, 0) is 55.5 Å². The zero-order valence-electron chi connectivity index (χ0n) is 16.4. The Balaban J connectivity index is 1.41. The number of aromatic nitrogens is 3. The van der Waals surface area contributed by atoms with Gasteiger partial charge in [-0.3, -0.25) is 0 Å². The molecule has 0 radical (unpaired) electrons. The van der Waals surface area contributed by atoms with Crippen molar-refractivity contribution >= 4 is 38.5 Å². The van der Waals surface area contributed by atoms with Gasteiger partial charge in [0.25, 0.3) is 0 Å². The third kappa shape index (κ3) is 4.04. The van der Waals surface area contributed by atoms with Gasteiger partial charge in [0, 0.05) is 35.4 Å². The van der Waals surface area contributed by atoms with Crippen LogP contribution >= 0.6 is 11.6 Å². The van der Waals surface area contributed by atoms with Crippen molar-refractivity contribution < 1.29 is 8.42 Å². The summed E-state index contributed by atoms with van der Waals surface area (Å²) in [6.45, 7) is 0. The van der Waals surface area contributed by atoms with Crippen LogP contribution in [-0.2, 0) is 10.0 Å². The molecule has 2 atom stereocenters. The van der Waals surface area contributed by atoms with Gasteiger partial charge in [-0.1, -0.05) is 24.4 Å². The summed E-state index contributed by atoms with van der Waals surface area (Å²) in [6.07, 6.45) is 8.98. The van der Waals surface area contributed by atoms with E-state index in [1.807, 2.05) is 30.5 Å². The van der Waals surface area contributed by atoms with Crippen molar-refractivity contribution in [3.05, 3.63) is 41.8 Å². The average Bonchev–Trinajstić information content (AvgIpc) is 3.49. The first-order chi connectivity index (χ1) is 14.5. The Morgan fingerprint density at radius 2 is 1.90 bits per heavy atom. The first kappa shape index (κ1) is 19.8. The second-order valence-electron chi connectivity index (χ2n) is 8.17. The Morgan fingerprint density at radius 3 is 2.70 bits per heavy atom. The van der Waals surface area contributed by atoms with E-state index in [0.717, 1.165) is 60.7 Å². The van der Waals surface area contributed by atoms with Gasteiger partial charge in [0.1, 0.15) is 16.6 Å². The lowest BCUT2D eigenvalue weighted by Gasteiger charge is -2.33. The highest BCUT2D eigenvalue weighted by Gasteiger charge is 2.39. The minimum atomic E-state index is -3.24. The van der Waals surface area contributed by atoms with Crippen molar-refractivity contribution in [3.8, 4) is 11.1 Å². The fraction of sp³-hybridized carbons (Fsp3) is 0.429. The van der Waals surface area contributed by atoms with E-state index in [-0.39, 0.29) is 17.3 Å². The fourth-order valence-electron chi connectivity index (χ4n) is 4.24. The van der Waals surface area contributed by atoms with Crippen LogP contribution in [0.3, 0.4) is 0 Å². The zero-order valence-corrected chi connectivity index (χ0v) is 18.0. The average molecular weight is 446 g/mol. The molecular weight excluding hydrogens is 422 g/mol. The third-order valence-electron chi connectivity index (χ3n) is 5.93. The molecule has 158 valence electrons. The van der Waals surface area contributed by atoms with Gasteiger partial charge >= 0.3 is 0 Å². The van der Waals surface area contributed by atoms with Gasteiger partial charge in [0.05, 0.1) is 5.25 Å². The largest absolute Gasteiger partial charge is 0.366 e. The van der Waals surface area contributed by atoms with E-state index in [9.17, 15) is 8.42 Å². The number of anilines is 1. The Hall–Kier alpha value is -2.16. The minimum Gasteiger partial charge on any atom is -0.366 e. The summed E-state index contributed by atoms with van der Waals surface area (Å²) in [5.41, 5.74) is 2.75. The number of nitrogens with one attached hydrogen (secondary N) is 3. The van der Waals surface area contributed by atoms with E-state index in [2.05, 4.69) is 25.0 Å². The number of fused-ring (bicyclic) bond motifs is 1. The van der Waals surface area contributed by atoms with E-state index >= 15 is 0 Å². The van der Waals surface area contributed by atoms with Crippen molar-refractivity contribution in [2.45, 2.75) is 55.9 Å². The second-order valence-corrected chi connectivity index (χ2v) is 10.5. The standard InChI is InChI=1S/C21H24ClN5O2S/c22-19-10-13(16-12-24-21-15(16)4-3-9-23-21)11-20(26-19)25-17-5-1-2-6-18(17)27-30(28,29)14-7-8-14/h3-4,9-12,14,17-18,27H,1-2,5-8H2,(H,23,24)(H,25,26)/t17-,18-/m1/s1. The molecule has 0 amide bonds. The molecule has 9 heteroatoms. The predicted molar refractivity (Wildman–Crippen MR) is 119 cm³/mol. The van der Waals surface area contributed by atoms with Gasteiger partial charge in [-0.25, -0.2) is 23.1 Å². The Labute approximate surface area is 180 Å². The van der Waals surface area contributed by atoms with Crippen molar-refractivity contribution in [2.24, 2.45) is 0 Å². The number of halogens is 1. The molecule has 7 nitrogen and oxygen atoms in total. The van der Waals surface area contributed by atoms with Crippen molar-refractivity contribution in [2.75, 3.05) is 5.32 Å². The Morgan fingerprint density at radius 1 is 1.10 bits per heavy atom. The topological polar surface area (TPSA) is 99.8 Å². The van der Waals surface area contributed by atoms with Crippen LogP contribution in [0.5, 0.6) is 0 Å². The van der Waals surface area contributed by atoms with E-state index in [1.54, 1.807) is 6.20 Å². The van der Waals surface area contributed by atoms with Gasteiger partial charge in [-0.15, -0.1) is 0 Å². The van der Waals surface area contributed by atoms with Crippen LogP contribution < -0.4 is 10.0 Å². The van der Waals surface area contributed by atoms with Crippen LogP contribution in [0, 0.1) is 0 Å². The van der Waals surface area contributed by atoms with Crippen LogP contribution in [0.2, 0.25) is 5.15 Å². The molecule has 3 heterocycles.